The van der Waals surface area contributed by atoms with Gasteiger partial charge in [0.05, 0.1) is 6.67 Å². The summed E-state index contributed by atoms with van der Waals surface area (Å²) in [6.07, 6.45) is 8.30. The average Bonchev–Trinajstić information content (AvgIpc) is 2.37. The summed E-state index contributed by atoms with van der Waals surface area (Å²) in [6.45, 7) is 4.53. The number of halogens is 1. The number of unbranched alkanes of at least 4 members (excludes halogenated alkanes) is 2. The van der Waals surface area contributed by atoms with Gasteiger partial charge in [0, 0.05) is 26.0 Å². The first-order valence-electron chi connectivity index (χ1n) is 4.45. The van der Waals surface area contributed by atoms with Gasteiger partial charge in [-0.3, -0.25) is 0 Å². The summed E-state index contributed by atoms with van der Waals surface area (Å²) in [4.78, 5) is 4.56. The third kappa shape index (κ3) is 6.70. The van der Waals surface area contributed by atoms with Crippen LogP contribution in [-0.2, 0) is 0 Å². The molecule has 1 aliphatic heterocycles. The van der Waals surface area contributed by atoms with Crippen molar-refractivity contribution in [1.82, 2.24) is 9.80 Å². The molecule has 0 N–H and O–H groups in total. The molecule has 0 bridgehead atoms. The van der Waals surface area contributed by atoms with E-state index in [9.17, 15) is 0 Å². The molecular formula is C9H18ILiN2. The van der Waals surface area contributed by atoms with E-state index in [2.05, 4.69) is 36.2 Å². The fourth-order valence-electron chi connectivity index (χ4n) is 1.30. The molecule has 0 saturated carbocycles. The largest absolute Gasteiger partial charge is 1.00 e. The van der Waals surface area contributed by atoms with Gasteiger partial charge in [-0.1, -0.05) is 19.8 Å². The van der Waals surface area contributed by atoms with Gasteiger partial charge in [0.25, 0.3) is 0 Å². The van der Waals surface area contributed by atoms with E-state index < -0.39 is 0 Å². The third-order valence-corrected chi connectivity index (χ3v) is 1.99. The quantitative estimate of drug-likeness (QED) is 0.294. The fourth-order valence-corrected chi connectivity index (χ4v) is 1.30. The molecule has 1 rings (SSSR count). The molecule has 0 saturated heterocycles. The van der Waals surface area contributed by atoms with Gasteiger partial charge in [0.15, 0.2) is 0 Å². The summed E-state index contributed by atoms with van der Waals surface area (Å²) < 4.78 is 0. The van der Waals surface area contributed by atoms with Gasteiger partial charge in [-0.25, -0.2) is 0 Å². The Kier molecular flexibility index (Phi) is 11.4. The van der Waals surface area contributed by atoms with Crippen molar-refractivity contribution in [3.05, 3.63) is 12.4 Å². The zero-order valence-electron chi connectivity index (χ0n) is 8.96. The van der Waals surface area contributed by atoms with Gasteiger partial charge in [-0.2, -0.15) is 0 Å². The summed E-state index contributed by atoms with van der Waals surface area (Å²) in [5.74, 6) is 0. The fraction of sp³-hybridized carbons (Fsp3) is 0.778. The van der Waals surface area contributed by atoms with Crippen LogP contribution in [-0.4, -0.2) is 30.1 Å². The second kappa shape index (κ2) is 9.23. The Balaban J connectivity index is 0. The van der Waals surface area contributed by atoms with Crippen LogP contribution in [0.4, 0.5) is 0 Å². The molecule has 0 aromatic heterocycles. The maximum absolute atomic E-state index is 2.36. The smallest absolute Gasteiger partial charge is 1.00 e. The molecule has 1 heterocycles. The molecule has 0 radical (unpaired) electrons. The van der Waals surface area contributed by atoms with Crippen molar-refractivity contribution in [2.45, 2.75) is 26.2 Å². The van der Waals surface area contributed by atoms with E-state index in [-0.39, 0.29) is 42.8 Å². The molecule has 0 fully saturated rings. The number of hydrogen-bond acceptors (Lipinski definition) is 2. The van der Waals surface area contributed by atoms with Crippen LogP contribution in [0.2, 0.25) is 0 Å². The van der Waals surface area contributed by atoms with E-state index in [0.29, 0.717) is 0 Å². The summed E-state index contributed by atoms with van der Waals surface area (Å²) in [5, 5.41) is 0. The number of rotatable bonds is 4. The van der Waals surface area contributed by atoms with Crippen molar-refractivity contribution >= 4 is 0 Å². The second-order valence-electron chi connectivity index (χ2n) is 3.22. The van der Waals surface area contributed by atoms with Crippen molar-refractivity contribution < 1.29 is 42.8 Å². The normalized spacial score (nSPS) is 14.0. The molecule has 72 valence electrons. The van der Waals surface area contributed by atoms with Crippen LogP contribution >= 0.6 is 0 Å². The van der Waals surface area contributed by atoms with Gasteiger partial charge in [-0.05, 0) is 6.42 Å². The molecule has 13 heavy (non-hydrogen) atoms. The first kappa shape index (κ1) is 16.1. The van der Waals surface area contributed by atoms with Crippen molar-refractivity contribution in [3.8, 4) is 0 Å². The number of nitrogens with zero attached hydrogens (tertiary/aromatic N) is 2. The van der Waals surface area contributed by atoms with Crippen LogP contribution in [0.3, 0.4) is 0 Å². The van der Waals surface area contributed by atoms with Crippen LogP contribution in [0.1, 0.15) is 26.2 Å². The topological polar surface area (TPSA) is 6.48 Å². The minimum Gasteiger partial charge on any atom is -1.00 e. The Morgan fingerprint density at radius 1 is 1.23 bits per heavy atom. The van der Waals surface area contributed by atoms with Gasteiger partial charge in [-0.15, -0.1) is 0 Å². The molecule has 1 aliphatic rings. The summed E-state index contributed by atoms with van der Waals surface area (Å²) in [6, 6.07) is 0. The van der Waals surface area contributed by atoms with Crippen molar-refractivity contribution in [1.29, 1.82) is 0 Å². The monoisotopic (exact) mass is 288 g/mol. The average molecular weight is 288 g/mol. The van der Waals surface area contributed by atoms with Gasteiger partial charge < -0.3 is 33.8 Å². The van der Waals surface area contributed by atoms with Crippen LogP contribution in [0.15, 0.2) is 12.4 Å². The summed E-state index contributed by atoms with van der Waals surface area (Å²) in [5.41, 5.74) is 0. The van der Waals surface area contributed by atoms with E-state index in [4.69, 9.17) is 0 Å². The zero-order chi connectivity index (χ0) is 8.10. The second-order valence-corrected chi connectivity index (χ2v) is 3.22. The molecular weight excluding hydrogens is 270 g/mol. The summed E-state index contributed by atoms with van der Waals surface area (Å²) in [7, 11) is 2.11. The van der Waals surface area contributed by atoms with E-state index in [1.54, 1.807) is 0 Å². The first-order chi connectivity index (χ1) is 5.33. The SMILES string of the molecule is CCCCCN1C=CN(C)C1.[I-].[Li+]. The third-order valence-electron chi connectivity index (χ3n) is 1.99. The Bertz CT molecular complexity index is 142. The van der Waals surface area contributed by atoms with Gasteiger partial charge in [0.1, 0.15) is 0 Å². The Morgan fingerprint density at radius 2 is 1.92 bits per heavy atom. The molecule has 2 nitrogen and oxygen atoms in total. The van der Waals surface area contributed by atoms with Gasteiger partial charge in [0.2, 0.25) is 0 Å². The van der Waals surface area contributed by atoms with Crippen molar-refractivity contribution in [2.24, 2.45) is 0 Å². The predicted octanol–water partition coefficient (Wildman–Crippen LogP) is -4.14. The Morgan fingerprint density at radius 3 is 2.38 bits per heavy atom. The van der Waals surface area contributed by atoms with Crippen molar-refractivity contribution in [2.75, 3.05) is 20.3 Å². The predicted molar refractivity (Wildman–Crippen MR) is 48.0 cm³/mol. The first-order valence-corrected chi connectivity index (χ1v) is 4.45. The maximum atomic E-state index is 2.36. The van der Waals surface area contributed by atoms with Crippen LogP contribution in [0.25, 0.3) is 0 Å². The zero-order valence-corrected chi connectivity index (χ0v) is 11.1. The molecule has 0 amide bonds. The molecule has 0 aromatic carbocycles. The van der Waals surface area contributed by atoms with Crippen LogP contribution < -0.4 is 42.8 Å². The van der Waals surface area contributed by atoms with E-state index >= 15 is 0 Å². The van der Waals surface area contributed by atoms with Gasteiger partial charge >= 0.3 is 18.9 Å². The molecule has 4 heteroatoms. The Labute approximate surface area is 111 Å². The molecule has 0 spiro atoms. The standard InChI is InChI=1S/C9H18N2.HI.Li/c1-3-4-5-6-11-8-7-10(2)9-11;;/h7-8H,3-6,9H2,1-2H3;1H;/q;;+1/p-1. The van der Waals surface area contributed by atoms with Crippen molar-refractivity contribution in [3.63, 3.8) is 0 Å². The summed E-state index contributed by atoms with van der Waals surface area (Å²) >= 11 is 0. The van der Waals surface area contributed by atoms with Crippen LogP contribution in [0.5, 0.6) is 0 Å². The van der Waals surface area contributed by atoms with Crippen LogP contribution in [0, 0.1) is 0 Å². The number of hydrogen-bond donors (Lipinski definition) is 0. The molecule has 0 aliphatic carbocycles. The Hall–Kier alpha value is 0.667. The van der Waals surface area contributed by atoms with E-state index in [1.807, 2.05) is 0 Å². The molecule has 0 unspecified atom stereocenters. The molecule has 0 aromatic rings. The molecule has 0 atom stereocenters. The minimum atomic E-state index is 0. The maximum Gasteiger partial charge on any atom is 1.00 e. The van der Waals surface area contributed by atoms with E-state index in [0.717, 1.165) is 6.67 Å². The minimum absolute atomic E-state index is 0. The van der Waals surface area contributed by atoms with E-state index in [1.165, 1.54) is 25.8 Å².